The van der Waals surface area contributed by atoms with Gasteiger partial charge >= 0.3 is 8.69 Å². The number of ether oxygens (including phenoxy) is 3. The van der Waals surface area contributed by atoms with Crippen molar-refractivity contribution in [2.45, 2.75) is 45.2 Å². The molecule has 5 nitrogen and oxygen atoms in total. The van der Waals surface area contributed by atoms with Crippen molar-refractivity contribution in [1.82, 2.24) is 0 Å². The largest absolute Gasteiger partial charge is 0.497 e. The first-order chi connectivity index (χ1) is 7.64. The zero-order valence-corrected chi connectivity index (χ0v) is 11.1. The molecule has 1 rings (SSSR count). The molecule has 1 fully saturated rings. The molecule has 2 unspecified atom stereocenters. The van der Waals surface area contributed by atoms with E-state index in [0.29, 0.717) is 26.2 Å². The van der Waals surface area contributed by atoms with Crippen molar-refractivity contribution in [2.75, 3.05) is 19.8 Å². The van der Waals surface area contributed by atoms with E-state index in [1.807, 2.05) is 13.8 Å². The molecular weight excluding hydrogens is 231 g/mol. The van der Waals surface area contributed by atoms with Crippen LogP contribution in [-0.2, 0) is 23.3 Å². The van der Waals surface area contributed by atoms with Crippen molar-refractivity contribution in [3.63, 3.8) is 0 Å². The summed E-state index contributed by atoms with van der Waals surface area (Å²) in [6.07, 6.45) is 1.47. The Bertz CT molecular complexity index is 221. The van der Waals surface area contributed by atoms with Crippen LogP contribution in [0.25, 0.3) is 0 Å². The summed E-state index contributed by atoms with van der Waals surface area (Å²) in [6.45, 7) is 7.05. The maximum Gasteiger partial charge on any atom is 0.497 e. The Hall–Kier alpha value is -0.0600. The zero-order chi connectivity index (χ0) is 12.1. The summed E-state index contributed by atoms with van der Waals surface area (Å²) < 4.78 is 32.8. The molecule has 0 spiro atoms. The quantitative estimate of drug-likeness (QED) is 0.513. The van der Waals surface area contributed by atoms with Gasteiger partial charge in [0.2, 0.25) is 5.79 Å². The molecule has 0 saturated carbocycles. The summed E-state index contributed by atoms with van der Waals surface area (Å²) in [4.78, 5) is 0. The summed E-state index contributed by atoms with van der Waals surface area (Å²) >= 11 is 0. The number of rotatable bonds is 7. The van der Waals surface area contributed by atoms with Crippen molar-refractivity contribution in [3.05, 3.63) is 0 Å². The zero-order valence-electron chi connectivity index (χ0n) is 10.1. The van der Waals surface area contributed by atoms with Crippen LogP contribution in [-0.4, -0.2) is 31.4 Å². The average Bonchev–Trinajstić information content (AvgIpc) is 2.69. The van der Waals surface area contributed by atoms with E-state index in [2.05, 4.69) is 0 Å². The molecule has 1 aliphatic heterocycles. The van der Waals surface area contributed by atoms with Crippen LogP contribution in [0.15, 0.2) is 0 Å². The highest BCUT2D eigenvalue weighted by Crippen LogP contribution is 2.42. The van der Waals surface area contributed by atoms with E-state index in [-0.39, 0.29) is 0 Å². The topological polar surface area (TPSA) is 54.0 Å². The Morgan fingerprint density at radius 1 is 1.38 bits per heavy atom. The van der Waals surface area contributed by atoms with Gasteiger partial charge in [0.1, 0.15) is 0 Å². The Morgan fingerprint density at radius 2 is 2.00 bits per heavy atom. The lowest BCUT2D eigenvalue weighted by molar-refractivity contribution is -0.365. The van der Waals surface area contributed by atoms with E-state index in [4.69, 9.17) is 18.7 Å². The van der Waals surface area contributed by atoms with E-state index >= 15 is 0 Å². The van der Waals surface area contributed by atoms with Crippen molar-refractivity contribution in [2.24, 2.45) is 0 Å². The third kappa shape index (κ3) is 2.60. The Morgan fingerprint density at radius 3 is 2.38 bits per heavy atom. The van der Waals surface area contributed by atoms with Crippen molar-refractivity contribution < 1.29 is 23.3 Å². The van der Waals surface area contributed by atoms with Crippen LogP contribution in [0, 0.1) is 0 Å². The summed E-state index contributed by atoms with van der Waals surface area (Å²) in [5.74, 6) is -2.05. The predicted octanol–water partition coefficient (Wildman–Crippen LogP) is 2.24. The van der Waals surface area contributed by atoms with Crippen LogP contribution in [0.4, 0.5) is 0 Å². The Balaban J connectivity index is 2.90. The lowest BCUT2D eigenvalue weighted by Gasteiger charge is -2.39. The first kappa shape index (κ1) is 14.0. The first-order valence-electron chi connectivity index (χ1n) is 5.61. The predicted molar refractivity (Wildman–Crippen MR) is 59.7 cm³/mol. The maximum atomic E-state index is 10.8. The molecule has 94 valence electrons. The molecular formula is C10H20O5P+. The molecule has 1 aliphatic rings. The lowest BCUT2D eigenvalue weighted by atomic mass is 10.0. The third-order valence-corrected chi connectivity index (χ3v) is 3.14. The minimum absolute atomic E-state index is 0.479. The van der Waals surface area contributed by atoms with E-state index < -0.39 is 20.3 Å². The van der Waals surface area contributed by atoms with Gasteiger partial charge in [-0.15, -0.1) is 4.52 Å². The summed E-state index contributed by atoms with van der Waals surface area (Å²) in [5.41, 5.74) is 0. The maximum absolute atomic E-state index is 10.8. The molecule has 6 heteroatoms. The molecule has 1 heterocycles. The summed E-state index contributed by atoms with van der Waals surface area (Å²) in [5, 5.41) is 0. The van der Waals surface area contributed by atoms with E-state index in [1.54, 1.807) is 6.92 Å². The van der Waals surface area contributed by atoms with E-state index in [0.717, 1.165) is 6.42 Å². The molecule has 0 N–H and O–H groups in total. The Labute approximate surface area is 97.7 Å². The van der Waals surface area contributed by atoms with Gasteiger partial charge < -0.3 is 14.2 Å². The Kier molecular flexibility index (Phi) is 5.28. The molecule has 2 atom stereocenters. The highest BCUT2D eigenvalue weighted by Gasteiger charge is 2.58. The first-order valence-corrected chi connectivity index (χ1v) is 6.43. The van der Waals surface area contributed by atoms with Gasteiger partial charge in [0.05, 0.1) is 6.61 Å². The molecule has 0 aromatic rings. The van der Waals surface area contributed by atoms with Crippen LogP contribution in [0.5, 0.6) is 0 Å². The summed E-state index contributed by atoms with van der Waals surface area (Å²) in [7, 11) is -0.890. The van der Waals surface area contributed by atoms with Gasteiger partial charge in [0.15, 0.2) is 0 Å². The van der Waals surface area contributed by atoms with Crippen molar-refractivity contribution >= 4 is 8.69 Å². The van der Waals surface area contributed by atoms with Gasteiger partial charge in [0.25, 0.3) is 5.79 Å². The van der Waals surface area contributed by atoms with Crippen LogP contribution in [0.2, 0.25) is 0 Å². The minimum atomic E-state index is -1.04. The normalized spacial score (nSPS) is 26.4. The SMILES string of the molecule is CCOC(C)(OCC)C1(O[PH+]=O)CCCO1. The van der Waals surface area contributed by atoms with Gasteiger partial charge in [-0.1, -0.05) is 0 Å². The van der Waals surface area contributed by atoms with Gasteiger partial charge in [-0.05, 0) is 31.8 Å². The fraction of sp³-hybridized carbons (Fsp3) is 1.00. The second-order valence-corrected chi connectivity index (χ2v) is 4.07. The van der Waals surface area contributed by atoms with Crippen LogP contribution < -0.4 is 0 Å². The minimum Gasteiger partial charge on any atom is -0.346 e. The molecule has 0 amide bonds. The van der Waals surface area contributed by atoms with Gasteiger partial charge in [-0.2, -0.15) is 0 Å². The fourth-order valence-electron chi connectivity index (χ4n) is 2.03. The van der Waals surface area contributed by atoms with E-state index in [9.17, 15) is 4.57 Å². The number of hydrogen-bond donors (Lipinski definition) is 0. The fourth-order valence-corrected chi connectivity index (χ4v) is 2.51. The molecule has 0 radical (unpaired) electrons. The molecule has 0 bridgehead atoms. The monoisotopic (exact) mass is 251 g/mol. The highest BCUT2D eigenvalue weighted by molar-refractivity contribution is 7.17. The van der Waals surface area contributed by atoms with Crippen LogP contribution in [0.1, 0.15) is 33.6 Å². The summed E-state index contributed by atoms with van der Waals surface area (Å²) in [6, 6.07) is 0. The van der Waals surface area contributed by atoms with E-state index in [1.165, 1.54) is 0 Å². The lowest BCUT2D eigenvalue weighted by Crippen LogP contribution is -2.56. The van der Waals surface area contributed by atoms with Crippen molar-refractivity contribution in [3.8, 4) is 0 Å². The average molecular weight is 251 g/mol. The van der Waals surface area contributed by atoms with Gasteiger partial charge in [-0.3, -0.25) is 0 Å². The van der Waals surface area contributed by atoms with Crippen LogP contribution >= 0.6 is 8.69 Å². The highest BCUT2D eigenvalue weighted by atomic mass is 31.1. The molecule has 16 heavy (non-hydrogen) atoms. The standard InChI is InChI=1S/C10H20O5P/c1-4-12-9(3,13-5-2)10(15-16-11)7-6-8-14-10/h16H,4-8H2,1-3H3/q+1. The third-order valence-electron chi connectivity index (χ3n) is 2.72. The molecule has 0 aromatic carbocycles. The van der Waals surface area contributed by atoms with Gasteiger partial charge in [-0.25, -0.2) is 0 Å². The smallest absolute Gasteiger partial charge is 0.346 e. The van der Waals surface area contributed by atoms with Crippen LogP contribution in [0.3, 0.4) is 0 Å². The van der Waals surface area contributed by atoms with Crippen molar-refractivity contribution in [1.29, 1.82) is 0 Å². The molecule has 0 aliphatic carbocycles. The number of hydrogen-bond acceptors (Lipinski definition) is 5. The second kappa shape index (κ2) is 6.03. The second-order valence-electron chi connectivity index (χ2n) is 3.70. The van der Waals surface area contributed by atoms with Gasteiger partial charge in [0, 0.05) is 19.6 Å². The molecule has 0 aromatic heterocycles. The molecule has 1 saturated heterocycles.